The highest BCUT2D eigenvalue weighted by atomic mass is 35.5. The molecule has 0 aliphatic rings. The number of fused-ring (bicyclic) bond motifs is 1. The number of aromatic nitrogens is 4. The van der Waals surface area contributed by atoms with Crippen molar-refractivity contribution in [1.82, 2.24) is 19.5 Å². The number of rotatable bonds is 10. The van der Waals surface area contributed by atoms with E-state index < -0.39 is 0 Å². The smallest absolute Gasteiger partial charge is 0.225 e. The van der Waals surface area contributed by atoms with Crippen LogP contribution in [0.25, 0.3) is 11.2 Å². The second-order valence-electron chi connectivity index (χ2n) is 5.94. The minimum absolute atomic E-state index is 0.132. The maximum atomic E-state index is 6.20. The molecule has 24 heavy (non-hydrogen) atoms. The molecule has 0 saturated heterocycles. The molecule has 0 bridgehead atoms. The zero-order chi connectivity index (χ0) is 17.5. The standard InChI is InChI=1S/C17H24Cl2N4O/c1-12(2)24-11-9-7-5-4-6-8-10-23-13(3)20-16-14(23)15(18)21-17(19)22-16/h1,4-11H2,2-3H3. The average Bonchev–Trinajstić information content (AvgIpc) is 2.81. The molecule has 0 unspecified atom stereocenters. The van der Waals surface area contributed by atoms with Crippen molar-refractivity contribution in [3.05, 3.63) is 28.6 Å². The maximum absolute atomic E-state index is 6.20. The Bertz CT molecular complexity index is 699. The monoisotopic (exact) mass is 370 g/mol. The second-order valence-corrected chi connectivity index (χ2v) is 6.63. The third-order valence-corrected chi connectivity index (χ3v) is 4.28. The SMILES string of the molecule is C=C(C)OCCCCCCCCn1c(C)nc2nc(Cl)nc(Cl)c21. The molecule has 0 fully saturated rings. The molecule has 0 aliphatic heterocycles. The summed E-state index contributed by atoms with van der Waals surface area (Å²) in [6, 6.07) is 0. The fourth-order valence-corrected chi connectivity index (χ4v) is 3.15. The molecular formula is C17H24Cl2N4O. The highest BCUT2D eigenvalue weighted by molar-refractivity contribution is 6.35. The van der Waals surface area contributed by atoms with Gasteiger partial charge in [-0.05, 0) is 38.3 Å². The zero-order valence-corrected chi connectivity index (χ0v) is 15.8. The molecule has 0 aromatic carbocycles. The van der Waals surface area contributed by atoms with Crippen LogP contribution >= 0.6 is 23.2 Å². The van der Waals surface area contributed by atoms with Crippen molar-refractivity contribution in [3.8, 4) is 0 Å². The molecule has 5 nitrogen and oxygen atoms in total. The van der Waals surface area contributed by atoms with E-state index in [0.29, 0.717) is 10.8 Å². The van der Waals surface area contributed by atoms with Crippen LogP contribution in [0.3, 0.4) is 0 Å². The molecule has 0 N–H and O–H groups in total. The molecule has 0 amide bonds. The van der Waals surface area contributed by atoms with Gasteiger partial charge in [-0.3, -0.25) is 0 Å². The van der Waals surface area contributed by atoms with Crippen LogP contribution in [0, 0.1) is 6.92 Å². The zero-order valence-electron chi connectivity index (χ0n) is 14.3. The molecule has 0 spiro atoms. The van der Waals surface area contributed by atoms with Gasteiger partial charge in [0.25, 0.3) is 0 Å². The van der Waals surface area contributed by atoms with Crippen LogP contribution in [0.5, 0.6) is 0 Å². The van der Waals surface area contributed by atoms with Gasteiger partial charge in [0.2, 0.25) is 5.28 Å². The third-order valence-electron chi connectivity index (χ3n) is 3.85. The molecule has 132 valence electrons. The van der Waals surface area contributed by atoms with Crippen molar-refractivity contribution in [2.45, 2.75) is 58.9 Å². The van der Waals surface area contributed by atoms with Crippen molar-refractivity contribution < 1.29 is 4.74 Å². The Labute approximate surface area is 153 Å². The molecule has 7 heteroatoms. The van der Waals surface area contributed by atoms with E-state index in [0.717, 1.165) is 43.1 Å². The van der Waals surface area contributed by atoms with E-state index in [1.807, 2.05) is 13.8 Å². The normalized spacial score (nSPS) is 11.2. The number of halogens is 2. The maximum Gasteiger partial charge on any atom is 0.225 e. The number of nitrogens with zero attached hydrogens (tertiary/aromatic N) is 4. The molecule has 0 aliphatic carbocycles. The summed E-state index contributed by atoms with van der Waals surface area (Å²) in [6.45, 7) is 9.20. The lowest BCUT2D eigenvalue weighted by Gasteiger charge is -2.08. The Morgan fingerprint density at radius 2 is 1.71 bits per heavy atom. The minimum Gasteiger partial charge on any atom is -0.499 e. The van der Waals surface area contributed by atoms with Crippen LogP contribution in [0.15, 0.2) is 12.3 Å². The van der Waals surface area contributed by atoms with Gasteiger partial charge >= 0.3 is 0 Å². The van der Waals surface area contributed by atoms with Gasteiger partial charge in [-0.25, -0.2) is 9.97 Å². The summed E-state index contributed by atoms with van der Waals surface area (Å²) in [5.41, 5.74) is 1.34. The van der Waals surface area contributed by atoms with Gasteiger partial charge in [-0.1, -0.05) is 43.9 Å². The van der Waals surface area contributed by atoms with Gasteiger partial charge in [0.1, 0.15) is 11.3 Å². The summed E-state index contributed by atoms with van der Waals surface area (Å²) in [5.74, 6) is 1.68. The Morgan fingerprint density at radius 3 is 2.42 bits per heavy atom. The Hall–Kier alpha value is -1.33. The van der Waals surface area contributed by atoms with Crippen molar-refractivity contribution in [2.24, 2.45) is 0 Å². The third kappa shape index (κ3) is 5.35. The van der Waals surface area contributed by atoms with E-state index in [9.17, 15) is 0 Å². The molecule has 0 saturated carbocycles. The molecular weight excluding hydrogens is 347 g/mol. The molecule has 2 rings (SSSR count). The topological polar surface area (TPSA) is 52.8 Å². The first kappa shape index (κ1) is 19.0. The largest absolute Gasteiger partial charge is 0.499 e. The number of hydrogen-bond donors (Lipinski definition) is 0. The van der Waals surface area contributed by atoms with Gasteiger partial charge in [-0.15, -0.1) is 0 Å². The van der Waals surface area contributed by atoms with Crippen molar-refractivity contribution in [3.63, 3.8) is 0 Å². The van der Waals surface area contributed by atoms with Crippen LogP contribution in [0.2, 0.25) is 10.4 Å². The molecule has 2 aromatic heterocycles. The van der Waals surface area contributed by atoms with Gasteiger partial charge < -0.3 is 9.30 Å². The number of ether oxygens (including phenoxy) is 1. The first-order valence-electron chi connectivity index (χ1n) is 8.33. The highest BCUT2D eigenvalue weighted by Gasteiger charge is 2.14. The fourth-order valence-electron chi connectivity index (χ4n) is 2.68. The Balaban J connectivity index is 1.74. The van der Waals surface area contributed by atoms with Gasteiger partial charge in [-0.2, -0.15) is 4.98 Å². The predicted molar refractivity (Wildman–Crippen MR) is 98.5 cm³/mol. The Kier molecular flexibility index (Phi) is 7.31. The van der Waals surface area contributed by atoms with Crippen molar-refractivity contribution in [1.29, 1.82) is 0 Å². The lowest BCUT2D eigenvalue weighted by atomic mass is 10.1. The molecule has 2 aromatic rings. The quantitative estimate of drug-likeness (QED) is 0.245. The number of allylic oxidation sites excluding steroid dienone is 1. The average molecular weight is 371 g/mol. The first-order chi connectivity index (χ1) is 11.5. The summed E-state index contributed by atoms with van der Waals surface area (Å²) in [4.78, 5) is 12.6. The van der Waals surface area contributed by atoms with E-state index >= 15 is 0 Å². The summed E-state index contributed by atoms with van der Waals surface area (Å²) in [5, 5.41) is 0.496. The number of imidazole rings is 1. The lowest BCUT2D eigenvalue weighted by Crippen LogP contribution is -2.01. The minimum atomic E-state index is 0.132. The van der Waals surface area contributed by atoms with Crippen LogP contribution < -0.4 is 0 Å². The number of unbranched alkanes of at least 4 members (excludes halogenated alkanes) is 5. The summed E-state index contributed by atoms with van der Waals surface area (Å²) < 4.78 is 7.43. The molecule has 0 radical (unpaired) electrons. The lowest BCUT2D eigenvalue weighted by molar-refractivity contribution is 0.208. The highest BCUT2D eigenvalue weighted by Crippen LogP contribution is 2.24. The van der Waals surface area contributed by atoms with E-state index in [4.69, 9.17) is 27.9 Å². The van der Waals surface area contributed by atoms with Crippen molar-refractivity contribution >= 4 is 34.4 Å². The number of aryl methyl sites for hydroxylation is 2. The van der Waals surface area contributed by atoms with E-state index in [-0.39, 0.29) is 5.28 Å². The van der Waals surface area contributed by atoms with Crippen molar-refractivity contribution in [2.75, 3.05) is 6.61 Å². The van der Waals surface area contributed by atoms with E-state index in [2.05, 4.69) is 26.1 Å². The van der Waals surface area contributed by atoms with Crippen LogP contribution in [0.1, 0.15) is 51.3 Å². The van der Waals surface area contributed by atoms with Gasteiger partial charge in [0, 0.05) is 6.54 Å². The Morgan fingerprint density at radius 1 is 1.04 bits per heavy atom. The predicted octanol–water partition coefficient (Wildman–Crippen LogP) is 5.33. The summed E-state index contributed by atoms with van der Waals surface area (Å²) in [7, 11) is 0. The van der Waals surface area contributed by atoms with Crippen LogP contribution in [-0.2, 0) is 11.3 Å². The summed E-state index contributed by atoms with van der Waals surface area (Å²) >= 11 is 12.0. The molecule has 2 heterocycles. The number of hydrogen-bond acceptors (Lipinski definition) is 4. The van der Waals surface area contributed by atoms with Crippen LogP contribution in [-0.4, -0.2) is 26.1 Å². The van der Waals surface area contributed by atoms with E-state index in [1.54, 1.807) is 0 Å². The fraction of sp³-hybridized carbons (Fsp3) is 0.588. The van der Waals surface area contributed by atoms with Gasteiger partial charge in [0.15, 0.2) is 10.8 Å². The first-order valence-corrected chi connectivity index (χ1v) is 9.09. The van der Waals surface area contributed by atoms with Gasteiger partial charge in [0.05, 0.1) is 12.4 Å². The summed E-state index contributed by atoms with van der Waals surface area (Å²) in [6.07, 6.45) is 6.97. The van der Waals surface area contributed by atoms with E-state index in [1.165, 1.54) is 25.7 Å². The second kappa shape index (κ2) is 9.23. The van der Waals surface area contributed by atoms with Crippen LogP contribution in [0.4, 0.5) is 0 Å². The molecule has 0 atom stereocenters.